The van der Waals surface area contributed by atoms with Crippen molar-refractivity contribution in [1.29, 1.82) is 0 Å². The van der Waals surface area contributed by atoms with Gasteiger partial charge in [0.15, 0.2) is 0 Å². The van der Waals surface area contributed by atoms with Crippen LogP contribution in [0.2, 0.25) is 0 Å². The Labute approximate surface area is 117 Å². The molecule has 4 nitrogen and oxygen atoms in total. The van der Waals surface area contributed by atoms with E-state index in [0.717, 1.165) is 13.0 Å². The second-order valence-corrected chi connectivity index (χ2v) is 6.51. The first-order chi connectivity index (χ1) is 9.00. The fourth-order valence-corrected chi connectivity index (χ4v) is 2.87. The van der Waals surface area contributed by atoms with Gasteiger partial charge < -0.3 is 21.3 Å². The lowest BCUT2D eigenvalue weighted by Gasteiger charge is -2.29. The van der Waals surface area contributed by atoms with Gasteiger partial charge in [-0.2, -0.15) is 0 Å². The van der Waals surface area contributed by atoms with Crippen molar-refractivity contribution in [3.05, 3.63) is 0 Å². The fourth-order valence-electron chi connectivity index (χ4n) is 2.87. The average Bonchev–Trinajstić information content (AvgIpc) is 2.38. The van der Waals surface area contributed by atoms with E-state index in [1.807, 2.05) is 0 Å². The summed E-state index contributed by atoms with van der Waals surface area (Å²) in [6, 6.07) is -0.307. The summed E-state index contributed by atoms with van der Waals surface area (Å²) in [5, 5.41) is 23.2. The summed E-state index contributed by atoms with van der Waals surface area (Å²) in [5.41, 5.74) is 6.04. The third kappa shape index (κ3) is 6.70. The van der Waals surface area contributed by atoms with Crippen LogP contribution in [0.5, 0.6) is 0 Å². The molecule has 0 radical (unpaired) electrons. The molecule has 19 heavy (non-hydrogen) atoms. The minimum atomic E-state index is -0.818. The lowest BCUT2D eigenvalue weighted by molar-refractivity contribution is -0.000834. The molecule has 1 rings (SSSR count). The lowest BCUT2D eigenvalue weighted by atomic mass is 9.83. The molecule has 0 amide bonds. The quantitative estimate of drug-likeness (QED) is 0.536. The van der Waals surface area contributed by atoms with Gasteiger partial charge in [-0.25, -0.2) is 0 Å². The van der Waals surface area contributed by atoms with Gasteiger partial charge in [0.2, 0.25) is 0 Å². The third-order valence-corrected chi connectivity index (χ3v) is 4.07. The van der Waals surface area contributed by atoms with Crippen LogP contribution in [-0.4, -0.2) is 41.6 Å². The number of nitrogens with two attached hydrogens (primary N) is 1. The molecule has 5 N–H and O–H groups in total. The van der Waals surface area contributed by atoms with E-state index in [4.69, 9.17) is 5.73 Å². The molecule has 0 bridgehead atoms. The maximum absolute atomic E-state index is 10.1. The highest BCUT2D eigenvalue weighted by molar-refractivity contribution is 4.83. The van der Waals surface area contributed by atoms with Crippen LogP contribution in [0, 0.1) is 11.8 Å². The van der Waals surface area contributed by atoms with Gasteiger partial charge in [-0.1, -0.05) is 46.0 Å². The van der Waals surface area contributed by atoms with E-state index >= 15 is 0 Å². The number of aliphatic hydroxyl groups excluding tert-OH is 2. The predicted octanol–water partition coefficient (Wildman–Crippen LogP) is 1.25. The van der Waals surface area contributed by atoms with Crippen LogP contribution in [0.25, 0.3) is 0 Å². The summed E-state index contributed by atoms with van der Waals surface area (Å²) in [7, 11) is 0. The summed E-state index contributed by atoms with van der Waals surface area (Å²) in [5.74, 6) is 1.18. The Bertz CT molecular complexity index is 230. The van der Waals surface area contributed by atoms with E-state index in [9.17, 15) is 10.2 Å². The predicted molar refractivity (Wildman–Crippen MR) is 78.9 cm³/mol. The molecular weight excluding hydrogens is 240 g/mol. The summed E-state index contributed by atoms with van der Waals surface area (Å²) < 4.78 is 0. The molecule has 0 aromatic heterocycles. The minimum absolute atomic E-state index is 0.307. The number of hydrogen-bond donors (Lipinski definition) is 4. The average molecular weight is 272 g/mol. The van der Waals surface area contributed by atoms with Crippen molar-refractivity contribution >= 4 is 0 Å². The van der Waals surface area contributed by atoms with E-state index in [1.54, 1.807) is 0 Å². The van der Waals surface area contributed by atoms with Gasteiger partial charge in [-0.3, -0.25) is 0 Å². The van der Waals surface area contributed by atoms with Crippen molar-refractivity contribution in [2.75, 3.05) is 13.1 Å². The van der Waals surface area contributed by atoms with Gasteiger partial charge in [-0.05, 0) is 24.8 Å². The molecule has 4 heteroatoms. The highest BCUT2D eigenvalue weighted by Crippen LogP contribution is 2.27. The Morgan fingerprint density at radius 1 is 1.11 bits per heavy atom. The first-order valence-corrected chi connectivity index (χ1v) is 7.83. The van der Waals surface area contributed by atoms with Gasteiger partial charge in [0, 0.05) is 12.6 Å². The highest BCUT2D eigenvalue weighted by Gasteiger charge is 2.26. The molecule has 114 valence electrons. The first-order valence-electron chi connectivity index (χ1n) is 7.83. The normalized spacial score (nSPS) is 22.4. The maximum atomic E-state index is 10.1. The molecular formula is C15H32N2O2. The number of hydrogen-bond acceptors (Lipinski definition) is 4. The van der Waals surface area contributed by atoms with Crippen LogP contribution in [-0.2, 0) is 0 Å². The van der Waals surface area contributed by atoms with E-state index in [0.29, 0.717) is 18.4 Å². The van der Waals surface area contributed by atoms with Crippen molar-refractivity contribution in [3.8, 4) is 0 Å². The number of aliphatic hydroxyl groups is 2. The van der Waals surface area contributed by atoms with Gasteiger partial charge in [0.05, 0.1) is 12.2 Å². The molecule has 1 fully saturated rings. The van der Waals surface area contributed by atoms with Gasteiger partial charge in [-0.15, -0.1) is 0 Å². The zero-order chi connectivity index (χ0) is 14.3. The van der Waals surface area contributed by atoms with Gasteiger partial charge in [0.1, 0.15) is 0 Å². The van der Waals surface area contributed by atoms with E-state index in [1.165, 1.54) is 32.1 Å². The minimum Gasteiger partial charge on any atom is -0.389 e. The van der Waals surface area contributed by atoms with Crippen molar-refractivity contribution in [2.45, 2.75) is 70.6 Å². The third-order valence-electron chi connectivity index (χ3n) is 4.07. The second kappa shape index (κ2) is 8.90. The molecule has 1 aliphatic rings. The summed E-state index contributed by atoms with van der Waals surface area (Å²) in [4.78, 5) is 0. The molecule has 0 spiro atoms. The molecule has 0 aromatic carbocycles. The lowest BCUT2D eigenvalue weighted by Crippen LogP contribution is -2.48. The highest BCUT2D eigenvalue weighted by atomic mass is 16.3. The first kappa shape index (κ1) is 16.9. The fraction of sp³-hybridized carbons (Fsp3) is 1.00. The second-order valence-electron chi connectivity index (χ2n) is 6.51. The zero-order valence-corrected chi connectivity index (χ0v) is 12.5. The Kier molecular flexibility index (Phi) is 7.91. The van der Waals surface area contributed by atoms with Crippen LogP contribution in [0.3, 0.4) is 0 Å². The van der Waals surface area contributed by atoms with E-state index in [2.05, 4.69) is 19.2 Å². The molecule has 1 aliphatic carbocycles. The van der Waals surface area contributed by atoms with Crippen LogP contribution >= 0.6 is 0 Å². The van der Waals surface area contributed by atoms with Gasteiger partial charge in [0.25, 0.3) is 0 Å². The molecule has 0 aromatic rings. The Morgan fingerprint density at radius 2 is 1.74 bits per heavy atom. The van der Waals surface area contributed by atoms with Crippen molar-refractivity contribution < 1.29 is 10.2 Å². The number of nitrogens with one attached hydrogen (secondary N) is 1. The molecule has 3 atom stereocenters. The summed E-state index contributed by atoms with van der Waals surface area (Å²) >= 11 is 0. The smallest absolute Gasteiger partial charge is 0.0962 e. The van der Waals surface area contributed by atoms with Crippen LogP contribution in [0.4, 0.5) is 0 Å². The Balaban J connectivity index is 2.23. The van der Waals surface area contributed by atoms with Crippen molar-refractivity contribution in [3.63, 3.8) is 0 Å². The standard InChI is InChI=1S/C15H32N2O2/c1-11(2)9-17-10-14(18)15(19)13(16)8-12-6-4-3-5-7-12/h11-15,17-19H,3-10,16H2,1-2H3. The number of rotatable bonds is 8. The summed E-state index contributed by atoms with van der Waals surface area (Å²) in [6.07, 6.45) is 5.60. The molecule has 0 heterocycles. The van der Waals surface area contributed by atoms with E-state index in [-0.39, 0.29) is 6.04 Å². The monoisotopic (exact) mass is 272 g/mol. The summed E-state index contributed by atoms with van der Waals surface area (Å²) in [6.45, 7) is 5.49. The van der Waals surface area contributed by atoms with Crippen LogP contribution in [0.15, 0.2) is 0 Å². The Morgan fingerprint density at radius 3 is 2.32 bits per heavy atom. The Hall–Kier alpha value is -0.160. The molecule has 0 saturated heterocycles. The SMILES string of the molecule is CC(C)CNCC(O)C(O)C(N)CC1CCCCC1. The van der Waals surface area contributed by atoms with Crippen molar-refractivity contribution in [1.82, 2.24) is 5.32 Å². The van der Waals surface area contributed by atoms with Gasteiger partial charge >= 0.3 is 0 Å². The molecule has 1 saturated carbocycles. The van der Waals surface area contributed by atoms with Crippen molar-refractivity contribution in [2.24, 2.45) is 17.6 Å². The largest absolute Gasteiger partial charge is 0.389 e. The van der Waals surface area contributed by atoms with Crippen LogP contribution < -0.4 is 11.1 Å². The zero-order valence-electron chi connectivity index (χ0n) is 12.5. The molecule has 0 aliphatic heterocycles. The topological polar surface area (TPSA) is 78.5 Å². The maximum Gasteiger partial charge on any atom is 0.0962 e. The van der Waals surface area contributed by atoms with E-state index < -0.39 is 12.2 Å². The van der Waals surface area contributed by atoms with Crippen LogP contribution in [0.1, 0.15) is 52.4 Å². The molecule has 3 unspecified atom stereocenters.